The highest BCUT2D eigenvalue weighted by atomic mass is 19.2. The minimum atomic E-state index is -1.24. The SMILES string of the molecule is Fc1cc(F)c(N2CCCC2)nc1F. The van der Waals surface area contributed by atoms with Crippen LogP contribution in [0.2, 0.25) is 0 Å². The molecule has 5 heteroatoms. The third-order valence-electron chi connectivity index (χ3n) is 2.27. The second kappa shape index (κ2) is 3.48. The number of halogens is 3. The third kappa shape index (κ3) is 1.54. The van der Waals surface area contributed by atoms with Gasteiger partial charge in [-0.2, -0.15) is 9.37 Å². The van der Waals surface area contributed by atoms with E-state index in [2.05, 4.69) is 4.98 Å². The molecule has 0 amide bonds. The van der Waals surface area contributed by atoms with E-state index in [4.69, 9.17) is 0 Å². The van der Waals surface area contributed by atoms with Crippen LogP contribution >= 0.6 is 0 Å². The summed E-state index contributed by atoms with van der Waals surface area (Å²) in [6.07, 6.45) is 1.86. The minimum Gasteiger partial charge on any atom is -0.354 e. The predicted octanol–water partition coefficient (Wildman–Crippen LogP) is 2.10. The summed E-state index contributed by atoms with van der Waals surface area (Å²) in [5, 5.41) is 0. The van der Waals surface area contributed by atoms with E-state index in [-0.39, 0.29) is 5.82 Å². The number of aromatic nitrogens is 1. The Hall–Kier alpha value is -1.26. The summed E-state index contributed by atoms with van der Waals surface area (Å²) >= 11 is 0. The number of nitrogens with zero attached hydrogens (tertiary/aromatic N) is 2. The molecule has 2 heterocycles. The van der Waals surface area contributed by atoms with Crippen molar-refractivity contribution in [1.82, 2.24) is 4.98 Å². The zero-order valence-corrected chi connectivity index (χ0v) is 7.43. The summed E-state index contributed by atoms with van der Waals surface area (Å²) < 4.78 is 38.5. The van der Waals surface area contributed by atoms with Crippen molar-refractivity contribution in [1.29, 1.82) is 0 Å². The van der Waals surface area contributed by atoms with E-state index in [1.54, 1.807) is 4.90 Å². The number of hydrogen-bond donors (Lipinski definition) is 0. The molecule has 0 saturated carbocycles. The molecular weight excluding hydrogens is 193 g/mol. The summed E-state index contributed by atoms with van der Waals surface area (Å²) in [4.78, 5) is 4.89. The lowest BCUT2D eigenvalue weighted by atomic mass is 10.4. The summed E-state index contributed by atoms with van der Waals surface area (Å²) in [5.41, 5.74) is 0. The average molecular weight is 202 g/mol. The molecule has 76 valence electrons. The lowest BCUT2D eigenvalue weighted by Gasteiger charge is -2.16. The number of rotatable bonds is 1. The van der Waals surface area contributed by atoms with Gasteiger partial charge in [-0.05, 0) is 12.8 Å². The van der Waals surface area contributed by atoms with Crippen molar-refractivity contribution in [3.63, 3.8) is 0 Å². The monoisotopic (exact) mass is 202 g/mol. The largest absolute Gasteiger partial charge is 0.354 e. The Labute approximate surface area is 79.4 Å². The topological polar surface area (TPSA) is 16.1 Å². The van der Waals surface area contributed by atoms with Gasteiger partial charge in [0.2, 0.25) is 0 Å². The molecule has 14 heavy (non-hydrogen) atoms. The Balaban J connectivity index is 2.37. The van der Waals surface area contributed by atoms with Gasteiger partial charge in [-0.1, -0.05) is 0 Å². The van der Waals surface area contributed by atoms with Crippen LogP contribution in [-0.2, 0) is 0 Å². The summed E-state index contributed by atoms with van der Waals surface area (Å²) in [6, 6.07) is 0.538. The zero-order valence-electron chi connectivity index (χ0n) is 7.43. The highest BCUT2D eigenvalue weighted by Crippen LogP contribution is 2.22. The van der Waals surface area contributed by atoms with E-state index in [0.717, 1.165) is 12.8 Å². The average Bonchev–Trinajstić information content (AvgIpc) is 2.64. The van der Waals surface area contributed by atoms with Crippen molar-refractivity contribution >= 4 is 5.82 Å². The van der Waals surface area contributed by atoms with E-state index in [9.17, 15) is 13.2 Å². The van der Waals surface area contributed by atoms with Crippen molar-refractivity contribution in [2.75, 3.05) is 18.0 Å². The molecule has 1 fully saturated rings. The summed E-state index contributed by atoms with van der Waals surface area (Å²) in [7, 11) is 0. The van der Waals surface area contributed by atoms with Crippen LogP contribution in [0, 0.1) is 17.6 Å². The zero-order chi connectivity index (χ0) is 10.1. The molecular formula is C9H9F3N2. The molecule has 1 aliphatic heterocycles. The van der Waals surface area contributed by atoms with Crippen LogP contribution in [0.4, 0.5) is 19.0 Å². The fourth-order valence-corrected chi connectivity index (χ4v) is 1.59. The van der Waals surface area contributed by atoms with Gasteiger partial charge in [0.15, 0.2) is 17.5 Å². The standard InChI is InChI=1S/C9H9F3N2/c10-6-5-7(11)9(13-8(6)12)14-3-1-2-4-14/h5H,1-4H2. The second-order valence-corrected chi connectivity index (χ2v) is 3.26. The molecule has 0 atom stereocenters. The molecule has 0 N–H and O–H groups in total. The number of hydrogen-bond acceptors (Lipinski definition) is 2. The summed E-state index contributed by atoms with van der Waals surface area (Å²) in [6.45, 7) is 1.30. The maximum Gasteiger partial charge on any atom is 0.251 e. The normalized spacial score (nSPS) is 16.4. The van der Waals surface area contributed by atoms with Gasteiger partial charge >= 0.3 is 0 Å². The van der Waals surface area contributed by atoms with Crippen molar-refractivity contribution in [2.24, 2.45) is 0 Å². The first-order chi connectivity index (χ1) is 6.68. The van der Waals surface area contributed by atoms with E-state index in [1.807, 2.05) is 0 Å². The van der Waals surface area contributed by atoms with Gasteiger partial charge < -0.3 is 4.90 Å². The Morgan fingerprint density at radius 2 is 1.71 bits per heavy atom. The van der Waals surface area contributed by atoms with Crippen LogP contribution in [0.1, 0.15) is 12.8 Å². The Morgan fingerprint density at radius 1 is 1.07 bits per heavy atom. The van der Waals surface area contributed by atoms with Gasteiger partial charge in [-0.3, -0.25) is 0 Å². The molecule has 0 aliphatic carbocycles. The molecule has 1 aromatic rings. The number of pyridine rings is 1. The van der Waals surface area contributed by atoms with Crippen LogP contribution in [0.15, 0.2) is 6.07 Å². The fraction of sp³-hybridized carbons (Fsp3) is 0.444. The molecule has 0 bridgehead atoms. The van der Waals surface area contributed by atoms with Crippen LogP contribution in [0.5, 0.6) is 0 Å². The quantitative estimate of drug-likeness (QED) is 0.648. The van der Waals surface area contributed by atoms with Crippen molar-refractivity contribution in [3.05, 3.63) is 23.6 Å². The molecule has 0 unspecified atom stereocenters. The molecule has 0 spiro atoms. The van der Waals surface area contributed by atoms with Crippen LogP contribution in [-0.4, -0.2) is 18.1 Å². The first-order valence-electron chi connectivity index (χ1n) is 4.45. The van der Waals surface area contributed by atoms with Gasteiger partial charge in [0.25, 0.3) is 5.95 Å². The lowest BCUT2D eigenvalue weighted by molar-refractivity contribution is 0.464. The van der Waals surface area contributed by atoms with Gasteiger partial charge in [-0.25, -0.2) is 8.78 Å². The smallest absolute Gasteiger partial charge is 0.251 e. The second-order valence-electron chi connectivity index (χ2n) is 3.26. The summed E-state index contributed by atoms with van der Waals surface area (Å²) in [5.74, 6) is -3.37. The molecule has 0 radical (unpaired) electrons. The highest BCUT2D eigenvalue weighted by Gasteiger charge is 2.20. The Kier molecular flexibility index (Phi) is 2.31. The van der Waals surface area contributed by atoms with E-state index in [0.29, 0.717) is 19.2 Å². The van der Waals surface area contributed by atoms with Crippen molar-refractivity contribution in [3.8, 4) is 0 Å². The third-order valence-corrected chi connectivity index (χ3v) is 2.27. The Bertz CT molecular complexity index is 348. The van der Waals surface area contributed by atoms with Crippen LogP contribution in [0.3, 0.4) is 0 Å². The van der Waals surface area contributed by atoms with E-state index in [1.165, 1.54) is 0 Å². The molecule has 2 rings (SSSR count). The first-order valence-corrected chi connectivity index (χ1v) is 4.45. The van der Waals surface area contributed by atoms with Gasteiger partial charge in [0.05, 0.1) is 0 Å². The van der Waals surface area contributed by atoms with Gasteiger partial charge in [0.1, 0.15) is 0 Å². The highest BCUT2D eigenvalue weighted by molar-refractivity contribution is 5.40. The van der Waals surface area contributed by atoms with Crippen LogP contribution < -0.4 is 4.90 Å². The maximum absolute atomic E-state index is 13.2. The fourth-order valence-electron chi connectivity index (χ4n) is 1.59. The predicted molar refractivity (Wildman–Crippen MR) is 45.6 cm³/mol. The van der Waals surface area contributed by atoms with E-state index < -0.39 is 17.6 Å². The number of anilines is 1. The molecule has 2 nitrogen and oxygen atoms in total. The maximum atomic E-state index is 13.2. The van der Waals surface area contributed by atoms with Gasteiger partial charge in [0, 0.05) is 19.2 Å². The van der Waals surface area contributed by atoms with E-state index >= 15 is 0 Å². The lowest BCUT2D eigenvalue weighted by Crippen LogP contribution is -2.21. The van der Waals surface area contributed by atoms with Crippen molar-refractivity contribution < 1.29 is 13.2 Å². The van der Waals surface area contributed by atoms with Crippen LogP contribution in [0.25, 0.3) is 0 Å². The van der Waals surface area contributed by atoms with Crippen molar-refractivity contribution in [2.45, 2.75) is 12.8 Å². The minimum absolute atomic E-state index is 0.0820. The molecule has 1 saturated heterocycles. The first kappa shape index (κ1) is 9.30. The molecule has 1 aromatic heterocycles. The Morgan fingerprint density at radius 3 is 2.36 bits per heavy atom. The molecule has 1 aliphatic rings. The van der Waals surface area contributed by atoms with Gasteiger partial charge in [-0.15, -0.1) is 0 Å². The molecule has 0 aromatic carbocycles.